The first-order valence-electron chi connectivity index (χ1n) is 6.23. The number of hydrogen-bond donors (Lipinski definition) is 1. The number of halogens is 1. The number of amides is 1. The SMILES string of the molecule is COc1ccc(Cl)cc1NC(=O)COC(=O)c1cc(C)no1. The number of nitrogens with one attached hydrogen (secondary N) is 1. The molecule has 0 aliphatic rings. The van der Waals surface area contributed by atoms with Gasteiger partial charge >= 0.3 is 5.97 Å². The lowest BCUT2D eigenvalue weighted by molar-refractivity contribution is -0.119. The molecular formula is C14H13ClN2O5. The van der Waals surface area contributed by atoms with Crippen LogP contribution in [0, 0.1) is 6.92 Å². The van der Waals surface area contributed by atoms with Crippen LogP contribution in [-0.2, 0) is 9.53 Å². The predicted molar refractivity (Wildman–Crippen MR) is 78.2 cm³/mol. The van der Waals surface area contributed by atoms with E-state index < -0.39 is 18.5 Å². The van der Waals surface area contributed by atoms with Crippen molar-refractivity contribution in [3.63, 3.8) is 0 Å². The summed E-state index contributed by atoms with van der Waals surface area (Å²) in [4.78, 5) is 23.4. The standard InChI is InChI=1S/C14H13ClN2O5/c1-8-5-12(22-17-8)14(19)21-7-13(18)16-10-6-9(15)3-4-11(10)20-2/h3-6H,7H2,1-2H3,(H,16,18). The van der Waals surface area contributed by atoms with Gasteiger partial charge in [-0.3, -0.25) is 4.79 Å². The van der Waals surface area contributed by atoms with Gasteiger partial charge in [0.2, 0.25) is 5.76 Å². The third-order valence-corrected chi connectivity index (χ3v) is 2.83. The van der Waals surface area contributed by atoms with Gasteiger partial charge in [-0.05, 0) is 25.1 Å². The number of methoxy groups -OCH3 is 1. The number of anilines is 1. The first-order chi connectivity index (χ1) is 10.5. The van der Waals surface area contributed by atoms with Crippen LogP contribution in [0.1, 0.15) is 16.2 Å². The summed E-state index contributed by atoms with van der Waals surface area (Å²) in [5.41, 5.74) is 0.923. The van der Waals surface area contributed by atoms with E-state index in [9.17, 15) is 9.59 Å². The van der Waals surface area contributed by atoms with Crippen LogP contribution in [0.5, 0.6) is 5.75 Å². The quantitative estimate of drug-likeness (QED) is 0.849. The van der Waals surface area contributed by atoms with Gasteiger partial charge in [-0.15, -0.1) is 0 Å². The third kappa shape index (κ3) is 3.98. The Bertz CT molecular complexity index is 698. The third-order valence-electron chi connectivity index (χ3n) is 2.60. The van der Waals surface area contributed by atoms with Crippen molar-refractivity contribution >= 4 is 29.2 Å². The molecule has 8 heteroatoms. The van der Waals surface area contributed by atoms with E-state index in [1.807, 2.05) is 0 Å². The molecule has 2 rings (SSSR count). The Hall–Kier alpha value is -2.54. The number of nitrogens with zero attached hydrogens (tertiary/aromatic N) is 1. The molecular weight excluding hydrogens is 312 g/mol. The lowest BCUT2D eigenvalue weighted by Gasteiger charge is -2.10. The maximum absolute atomic E-state index is 11.8. The average molecular weight is 325 g/mol. The molecule has 22 heavy (non-hydrogen) atoms. The zero-order valence-corrected chi connectivity index (χ0v) is 12.6. The first kappa shape index (κ1) is 15.8. The lowest BCUT2D eigenvalue weighted by Crippen LogP contribution is -2.21. The molecule has 116 valence electrons. The van der Waals surface area contributed by atoms with Gasteiger partial charge in [0.1, 0.15) is 5.75 Å². The van der Waals surface area contributed by atoms with E-state index in [0.29, 0.717) is 22.2 Å². The molecule has 1 amide bonds. The van der Waals surface area contributed by atoms with E-state index in [0.717, 1.165) is 0 Å². The number of ether oxygens (including phenoxy) is 2. The summed E-state index contributed by atoms with van der Waals surface area (Å²) in [6.45, 7) is 1.19. The monoisotopic (exact) mass is 324 g/mol. The zero-order chi connectivity index (χ0) is 16.1. The molecule has 0 aliphatic carbocycles. The van der Waals surface area contributed by atoms with Crippen LogP contribution in [0.4, 0.5) is 5.69 Å². The van der Waals surface area contributed by atoms with Crippen LogP contribution in [0.2, 0.25) is 5.02 Å². The van der Waals surface area contributed by atoms with Crippen molar-refractivity contribution in [3.8, 4) is 5.75 Å². The highest BCUT2D eigenvalue weighted by molar-refractivity contribution is 6.31. The lowest BCUT2D eigenvalue weighted by atomic mass is 10.3. The zero-order valence-electron chi connectivity index (χ0n) is 11.9. The number of aromatic nitrogens is 1. The van der Waals surface area contributed by atoms with Crippen LogP contribution < -0.4 is 10.1 Å². The fourth-order valence-electron chi connectivity index (χ4n) is 1.63. The number of esters is 1. The number of carbonyl (C=O) groups is 2. The number of carbonyl (C=O) groups excluding carboxylic acids is 2. The van der Waals surface area contributed by atoms with Gasteiger partial charge in [0, 0.05) is 11.1 Å². The first-order valence-corrected chi connectivity index (χ1v) is 6.61. The Balaban J connectivity index is 1.93. The summed E-state index contributed by atoms with van der Waals surface area (Å²) in [5.74, 6) is -0.931. The number of rotatable bonds is 5. The fraction of sp³-hybridized carbons (Fsp3) is 0.214. The molecule has 0 unspecified atom stereocenters. The summed E-state index contributed by atoms with van der Waals surface area (Å²) in [6.07, 6.45) is 0. The van der Waals surface area contributed by atoms with E-state index in [2.05, 4.69) is 10.5 Å². The van der Waals surface area contributed by atoms with E-state index in [4.69, 9.17) is 25.6 Å². The van der Waals surface area contributed by atoms with Gasteiger partial charge in [0.15, 0.2) is 6.61 Å². The Labute approximate surface area is 131 Å². The number of hydrogen-bond acceptors (Lipinski definition) is 6. The smallest absolute Gasteiger partial charge is 0.377 e. The average Bonchev–Trinajstić information content (AvgIpc) is 2.92. The van der Waals surface area contributed by atoms with Crippen LogP contribution in [0.15, 0.2) is 28.8 Å². The summed E-state index contributed by atoms with van der Waals surface area (Å²) in [5, 5.41) is 6.54. The maximum Gasteiger partial charge on any atom is 0.377 e. The maximum atomic E-state index is 11.8. The minimum Gasteiger partial charge on any atom is -0.495 e. The Morgan fingerprint density at radius 1 is 1.36 bits per heavy atom. The highest BCUT2D eigenvalue weighted by Crippen LogP contribution is 2.27. The molecule has 2 aromatic rings. The molecule has 0 radical (unpaired) electrons. The van der Waals surface area contributed by atoms with Gasteiger partial charge in [-0.25, -0.2) is 4.79 Å². The van der Waals surface area contributed by atoms with Gasteiger partial charge in [-0.2, -0.15) is 0 Å². The minimum atomic E-state index is -0.770. The van der Waals surface area contributed by atoms with Crippen molar-refractivity contribution in [1.29, 1.82) is 0 Å². The predicted octanol–water partition coefficient (Wildman–Crippen LogP) is 2.44. The molecule has 0 fully saturated rings. The second-order valence-electron chi connectivity index (χ2n) is 4.30. The van der Waals surface area contributed by atoms with Crippen LogP contribution in [-0.4, -0.2) is 30.7 Å². The number of aryl methyl sites for hydroxylation is 1. The van der Waals surface area contributed by atoms with Crippen molar-refractivity contribution in [2.45, 2.75) is 6.92 Å². The summed E-state index contributed by atoms with van der Waals surface area (Å²) >= 11 is 5.86. The normalized spacial score (nSPS) is 10.1. The van der Waals surface area contributed by atoms with Crippen molar-refractivity contribution < 1.29 is 23.6 Å². The molecule has 7 nitrogen and oxygen atoms in total. The van der Waals surface area contributed by atoms with Crippen molar-refractivity contribution in [2.75, 3.05) is 19.0 Å². The summed E-state index contributed by atoms with van der Waals surface area (Å²) in [6, 6.07) is 6.18. The molecule has 0 saturated carbocycles. The van der Waals surface area contributed by atoms with Crippen LogP contribution >= 0.6 is 11.6 Å². The van der Waals surface area contributed by atoms with Crippen molar-refractivity contribution in [1.82, 2.24) is 5.16 Å². The molecule has 1 N–H and O–H groups in total. The van der Waals surface area contributed by atoms with Crippen molar-refractivity contribution in [3.05, 3.63) is 40.7 Å². The summed E-state index contributed by atoms with van der Waals surface area (Å²) < 4.78 is 14.7. The van der Waals surface area contributed by atoms with Crippen LogP contribution in [0.3, 0.4) is 0 Å². The Morgan fingerprint density at radius 2 is 2.14 bits per heavy atom. The second-order valence-corrected chi connectivity index (χ2v) is 4.74. The highest BCUT2D eigenvalue weighted by Gasteiger charge is 2.16. The van der Waals surface area contributed by atoms with Crippen molar-refractivity contribution in [2.24, 2.45) is 0 Å². The van der Waals surface area contributed by atoms with E-state index in [1.165, 1.54) is 19.2 Å². The molecule has 0 bridgehead atoms. The molecule has 1 heterocycles. The van der Waals surface area contributed by atoms with Gasteiger partial charge in [0.05, 0.1) is 18.5 Å². The van der Waals surface area contributed by atoms with E-state index >= 15 is 0 Å². The van der Waals surface area contributed by atoms with Crippen LogP contribution in [0.25, 0.3) is 0 Å². The van der Waals surface area contributed by atoms with E-state index in [1.54, 1.807) is 19.1 Å². The van der Waals surface area contributed by atoms with E-state index in [-0.39, 0.29) is 5.76 Å². The molecule has 1 aromatic carbocycles. The molecule has 1 aromatic heterocycles. The van der Waals surface area contributed by atoms with Gasteiger partial charge < -0.3 is 19.3 Å². The van der Waals surface area contributed by atoms with Gasteiger partial charge in [0.25, 0.3) is 5.91 Å². The summed E-state index contributed by atoms with van der Waals surface area (Å²) in [7, 11) is 1.46. The topological polar surface area (TPSA) is 90.7 Å². The Morgan fingerprint density at radius 3 is 2.77 bits per heavy atom. The fourth-order valence-corrected chi connectivity index (χ4v) is 1.80. The van der Waals surface area contributed by atoms with Gasteiger partial charge in [-0.1, -0.05) is 16.8 Å². The Kier molecular flexibility index (Phi) is 5.00. The second kappa shape index (κ2) is 6.95. The molecule has 0 atom stereocenters. The molecule has 0 saturated heterocycles. The highest BCUT2D eigenvalue weighted by atomic mass is 35.5. The molecule has 0 aliphatic heterocycles. The molecule has 0 spiro atoms. The number of benzene rings is 1. The minimum absolute atomic E-state index is 0.0642. The largest absolute Gasteiger partial charge is 0.495 e.